The first-order valence-electron chi connectivity index (χ1n) is 5.12. The number of aryl methyl sites for hydroxylation is 1. The van der Waals surface area contributed by atoms with Gasteiger partial charge in [-0.3, -0.25) is 0 Å². The average Bonchev–Trinajstić information content (AvgIpc) is 3.01. The fourth-order valence-corrected chi connectivity index (χ4v) is 1.77. The number of rotatable bonds is 3. The lowest BCUT2D eigenvalue weighted by Gasteiger charge is -2.13. The van der Waals surface area contributed by atoms with Crippen LogP contribution in [0, 0.1) is 12.8 Å². The van der Waals surface area contributed by atoms with Gasteiger partial charge in [-0.05, 0) is 42.9 Å². The number of ether oxygens (including phenoxy) is 1. The predicted octanol–water partition coefficient (Wildman–Crippen LogP) is 2.41. The van der Waals surface area contributed by atoms with Crippen LogP contribution >= 0.6 is 0 Å². The number of hydrogen-bond donors (Lipinski definition) is 1. The van der Waals surface area contributed by atoms with Gasteiger partial charge in [-0.15, -0.1) is 0 Å². The van der Waals surface area contributed by atoms with Gasteiger partial charge in [0.25, 0.3) is 0 Å². The Morgan fingerprint density at radius 3 is 2.71 bits per heavy atom. The zero-order valence-electron chi connectivity index (χ0n) is 8.79. The summed E-state index contributed by atoms with van der Waals surface area (Å²) in [5, 5.41) is 0. The van der Waals surface area contributed by atoms with Crippen LogP contribution in [0.3, 0.4) is 0 Å². The van der Waals surface area contributed by atoms with Crippen molar-refractivity contribution in [1.29, 1.82) is 0 Å². The summed E-state index contributed by atoms with van der Waals surface area (Å²) in [7, 11) is 1.70. The van der Waals surface area contributed by atoms with Crippen molar-refractivity contribution in [3.05, 3.63) is 29.3 Å². The smallest absolute Gasteiger partial charge is 0.122 e. The molecule has 2 N–H and O–H groups in total. The highest BCUT2D eigenvalue weighted by molar-refractivity contribution is 5.38. The van der Waals surface area contributed by atoms with E-state index in [1.54, 1.807) is 7.11 Å². The SMILES string of the molecule is COc1cc([C@@H](N)C2CC2)ccc1C. The molecule has 2 nitrogen and oxygen atoms in total. The summed E-state index contributed by atoms with van der Waals surface area (Å²) in [5.74, 6) is 1.64. The lowest BCUT2D eigenvalue weighted by Crippen LogP contribution is -2.12. The topological polar surface area (TPSA) is 35.2 Å². The molecule has 14 heavy (non-hydrogen) atoms. The fraction of sp³-hybridized carbons (Fsp3) is 0.500. The minimum atomic E-state index is 0.199. The van der Waals surface area contributed by atoms with Gasteiger partial charge < -0.3 is 10.5 Å². The third-order valence-electron chi connectivity index (χ3n) is 2.95. The highest BCUT2D eigenvalue weighted by atomic mass is 16.5. The van der Waals surface area contributed by atoms with E-state index >= 15 is 0 Å². The van der Waals surface area contributed by atoms with Crippen LogP contribution in [-0.2, 0) is 0 Å². The molecule has 0 aromatic heterocycles. The number of methoxy groups -OCH3 is 1. The van der Waals surface area contributed by atoms with E-state index in [9.17, 15) is 0 Å². The number of nitrogens with two attached hydrogens (primary N) is 1. The normalized spacial score (nSPS) is 17.9. The maximum absolute atomic E-state index is 6.12. The van der Waals surface area contributed by atoms with Gasteiger partial charge in [-0.25, -0.2) is 0 Å². The van der Waals surface area contributed by atoms with Crippen molar-refractivity contribution in [1.82, 2.24) is 0 Å². The second kappa shape index (κ2) is 3.62. The maximum Gasteiger partial charge on any atom is 0.122 e. The van der Waals surface area contributed by atoms with E-state index in [0.717, 1.165) is 5.75 Å². The van der Waals surface area contributed by atoms with Crippen molar-refractivity contribution in [2.75, 3.05) is 7.11 Å². The molecule has 1 fully saturated rings. The summed E-state index contributed by atoms with van der Waals surface area (Å²) in [6.45, 7) is 2.05. The second-order valence-electron chi connectivity index (χ2n) is 4.09. The first-order chi connectivity index (χ1) is 6.72. The third-order valence-corrected chi connectivity index (χ3v) is 2.95. The summed E-state index contributed by atoms with van der Waals surface area (Å²) in [4.78, 5) is 0. The lowest BCUT2D eigenvalue weighted by atomic mass is 10.0. The van der Waals surface area contributed by atoms with E-state index in [4.69, 9.17) is 10.5 Å². The first-order valence-corrected chi connectivity index (χ1v) is 5.12. The monoisotopic (exact) mass is 191 g/mol. The minimum Gasteiger partial charge on any atom is -0.496 e. The molecule has 1 atom stereocenters. The fourth-order valence-electron chi connectivity index (χ4n) is 1.77. The Morgan fingerprint density at radius 2 is 2.14 bits per heavy atom. The molecule has 0 heterocycles. The highest BCUT2D eigenvalue weighted by Gasteiger charge is 2.29. The standard InChI is InChI=1S/C12H17NO/c1-8-3-4-10(7-11(8)14-2)12(13)9-5-6-9/h3-4,7,9,12H,5-6,13H2,1-2H3/t12-/m0/s1. The molecule has 2 heteroatoms. The Bertz CT molecular complexity index is 331. The van der Waals surface area contributed by atoms with E-state index in [-0.39, 0.29) is 6.04 Å². The van der Waals surface area contributed by atoms with Crippen LogP contribution in [0.5, 0.6) is 5.75 Å². The molecule has 1 aliphatic carbocycles. The van der Waals surface area contributed by atoms with Gasteiger partial charge in [0.05, 0.1) is 7.11 Å². The van der Waals surface area contributed by atoms with E-state index < -0.39 is 0 Å². The Labute approximate surface area is 85.1 Å². The van der Waals surface area contributed by atoms with Gasteiger partial charge in [-0.1, -0.05) is 12.1 Å². The van der Waals surface area contributed by atoms with Gasteiger partial charge in [0.1, 0.15) is 5.75 Å². The lowest BCUT2D eigenvalue weighted by molar-refractivity contribution is 0.410. The minimum absolute atomic E-state index is 0.199. The largest absolute Gasteiger partial charge is 0.496 e. The quantitative estimate of drug-likeness (QED) is 0.796. The van der Waals surface area contributed by atoms with Crippen LogP contribution in [0.4, 0.5) is 0 Å². The molecule has 1 aromatic carbocycles. The van der Waals surface area contributed by atoms with Gasteiger partial charge >= 0.3 is 0 Å². The number of hydrogen-bond acceptors (Lipinski definition) is 2. The van der Waals surface area contributed by atoms with Crippen molar-refractivity contribution < 1.29 is 4.74 Å². The molecule has 0 spiro atoms. The predicted molar refractivity (Wildman–Crippen MR) is 57.4 cm³/mol. The van der Waals surface area contributed by atoms with E-state index in [0.29, 0.717) is 5.92 Å². The van der Waals surface area contributed by atoms with Crippen LogP contribution < -0.4 is 10.5 Å². The van der Waals surface area contributed by atoms with E-state index in [1.807, 2.05) is 6.92 Å². The van der Waals surface area contributed by atoms with Gasteiger partial charge in [0, 0.05) is 6.04 Å². The molecule has 0 unspecified atom stereocenters. The number of benzene rings is 1. The van der Waals surface area contributed by atoms with Crippen molar-refractivity contribution >= 4 is 0 Å². The first kappa shape index (κ1) is 9.53. The van der Waals surface area contributed by atoms with Crippen LogP contribution in [0.1, 0.15) is 30.0 Å². The Kier molecular flexibility index (Phi) is 2.46. The molecule has 0 radical (unpaired) electrons. The summed E-state index contributed by atoms with van der Waals surface area (Å²) < 4.78 is 5.28. The van der Waals surface area contributed by atoms with Crippen molar-refractivity contribution in [2.45, 2.75) is 25.8 Å². The summed E-state index contributed by atoms with van der Waals surface area (Å²) >= 11 is 0. The summed E-state index contributed by atoms with van der Waals surface area (Å²) in [6.07, 6.45) is 2.55. The zero-order valence-corrected chi connectivity index (χ0v) is 8.79. The summed E-state index contributed by atoms with van der Waals surface area (Å²) in [5.41, 5.74) is 8.49. The van der Waals surface area contributed by atoms with Gasteiger partial charge in [-0.2, -0.15) is 0 Å². The highest BCUT2D eigenvalue weighted by Crippen LogP contribution is 2.40. The third kappa shape index (κ3) is 1.75. The Morgan fingerprint density at radius 1 is 1.43 bits per heavy atom. The van der Waals surface area contributed by atoms with Crippen LogP contribution in [0.15, 0.2) is 18.2 Å². The van der Waals surface area contributed by atoms with Crippen LogP contribution in [-0.4, -0.2) is 7.11 Å². The van der Waals surface area contributed by atoms with Crippen molar-refractivity contribution in [2.24, 2.45) is 11.7 Å². The van der Waals surface area contributed by atoms with Crippen LogP contribution in [0.25, 0.3) is 0 Å². The molecule has 1 saturated carbocycles. The van der Waals surface area contributed by atoms with Crippen molar-refractivity contribution in [3.63, 3.8) is 0 Å². The molecular formula is C12H17NO. The molecular weight excluding hydrogens is 174 g/mol. The molecule has 0 amide bonds. The van der Waals surface area contributed by atoms with Crippen molar-refractivity contribution in [3.8, 4) is 5.75 Å². The molecule has 0 aliphatic heterocycles. The molecule has 2 rings (SSSR count). The molecule has 0 saturated heterocycles. The molecule has 1 aliphatic rings. The van der Waals surface area contributed by atoms with E-state index in [1.165, 1.54) is 24.0 Å². The van der Waals surface area contributed by atoms with Gasteiger partial charge in [0.2, 0.25) is 0 Å². The maximum atomic E-state index is 6.12. The van der Waals surface area contributed by atoms with Crippen LogP contribution in [0.2, 0.25) is 0 Å². The molecule has 0 bridgehead atoms. The van der Waals surface area contributed by atoms with E-state index in [2.05, 4.69) is 18.2 Å². The summed E-state index contributed by atoms with van der Waals surface area (Å²) in [6, 6.07) is 6.46. The molecule has 76 valence electrons. The Balaban J connectivity index is 2.25. The molecule has 1 aromatic rings. The second-order valence-corrected chi connectivity index (χ2v) is 4.09. The van der Waals surface area contributed by atoms with Gasteiger partial charge in [0.15, 0.2) is 0 Å². The zero-order chi connectivity index (χ0) is 10.1. The Hall–Kier alpha value is -1.02. The average molecular weight is 191 g/mol.